The van der Waals surface area contributed by atoms with Crippen LogP contribution in [0.4, 0.5) is 0 Å². The summed E-state index contributed by atoms with van der Waals surface area (Å²) < 4.78 is 0. The van der Waals surface area contributed by atoms with Gasteiger partial charge in [0, 0.05) is 6.04 Å². The van der Waals surface area contributed by atoms with Crippen LogP contribution in [0.15, 0.2) is 24.3 Å². The monoisotopic (exact) mass is 262 g/mol. The van der Waals surface area contributed by atoms with Crippen LogP contribution in [0.3, 0.4) is 0 Å². The second-order valence-electron chi connectivity index (χ2n) is 5.63. The van der Waals surface area contributed by atoms with E-state index in [0.717, 1.165) is 6.54 Å². The molecule has 2 nitrogen and oxygen atoms in total. The van der Waals surface area contributed by atoms with Gasteiger partial charge in [-0.1, -0.05) is 51.0 Å². The first-order chi connectivity index (χ1) is 9.13. The highest BCUT2D eigenvalue weighted by atomic mass is 15.1. The molecule has 1 rings (SSSR count). The maximum absolute atomic E-state index is 3.33. The van der Waals surface area contributed by atoms with Crippen molar-refractivity contribution in [3.63, 3.8) is 0 Å². The van der Waals surface area contributed by atoms with Crippen LogP contribution in [0, 0.1) is 5.92 Å². The molecule has 0 bridgehead atoms. The molecule has 0 saturated carbocycles. The Labute approximate surface area is 119 Å². The van der Waals surface area contributed by atoms with Gasteiger partial charge in [-0.2, -0.15) is 0 Å². The minimum absolute atomic E-state index is 0.494. The normalized spacial score (nSPS) is 14.6. The lowest BCUT2D eigenvalue weighted by Gasteiger charge is -2.32. The summed E-state index contributed by atoms with van der Waals surface area (Å²) in [4.78, 5) is 2.35. The Bertz CT molecular complexity index is 343. The van der Waals surface area contributed by atoms with Gasteiger partial charge >= 0.3 is 0 Å². The topological polar surface area (TPSA) is 15.3 Å². The maximum atomic E-state index is 3.33. The molecule has 0 aliphatic carbocycles. The van der Waals surface area contributed by atoms with Crippen LogP contribution in [0.5, 0.6) is 0 Å². The number of rotatable bonds is 8. The summed E-state index contributed by atoms with van der Waals surface area (Å²) in [6, 6.07) is 9.71. The largest absolute Gasteiger partial charge is 0.319 e. The molecule has 0 fully saturated rings. The van der Waals surface area contributed by atoms with E-state index in [9.17, 15) is 0 Å². The molecule has 0 amide bonds. The zero-order valence-corrected chi connectivity index (χ0v) is 13.2. The lowest BCUT2D eigenvalue weighted by atomic mass is 9.89. The van der Waals surface area contributed by atoms with E-state index in [-0.39, 0.29) is 0 Å². The quantitative estimate of drug-likeness (QED) is 0.771. The molecule has 0 aliphatic heterocycles. The van der Waals surface area contributed by atoms with Crippen molar-refractivity contribution in [1.82, 2.24) is 10.2 Å². The fourth-order valence-corrected chi connectivity index (χ4v) is 2.90. The third-order valence-corrected chi connectivity index (χ3v) is 3.85. The van der Waals surface area contributed by atoms with Crippen molar-refractivity contribution in [2.24, 2.45) is 5.92 Å². The van der Waals surface area contributed by atoms with Gasteiger partial charge in [-0.05, 0) is 51.2 Å². The van der Waals surface area contributed by atoms with Gasteiger partial charge in [0.05, 0.1) is 0 Å². The number of nitrogens with one attached hydrogen (secondary N) is 1. The molecule has 1 aromatic carbocycles. The summed E-state index contributed by atoms with van der Waals surface area (Å²) in [5, 5.41) is 3.33. The molecule has 19 heavy (non-hydrogen) atoms. The lowest BCUT2D eigenvalue weighted by molar-refractivity contribution is 0.204. The zero-order chi connectivity index (χ0) is 14.3. The van der Waals surface area contributed by atoms with Crippen molar-refractivity contribution in [1.29, 1.82) is 0 Å². The van der Waals surface area contributed by atoms with E-state index in [4.69, 9.17) is 0 Å². The summed E-state index contributed by atoms with van der Waals surface area (Å²) in [5.41, 5.74) is 2.89. The van der Waals surface area contributed by atoms with Crippen LogP contribution in [0.25, 0.3) is 0 Å². The standard InChI is InChI=1S/C17H30N2/c1-6-8-14-9-11-16(12-10-14)17(19(4)5)15(7-2)13-18-3/h9-12,15,17-18H,6-8,13H2,1-5H3. The molecule has 108 valence electrons. The smallest absolute Gasteiger partial charge is 0.0382 e. The second kappa shape index (κ2) is 8.34. The first kappa shape index (κ1) is 16.2. The van der Waals surface area contributed by atoms with E-state index < -0.39 is 0 Å². The Morgan fingerprint density at radius 3 is 2.16 bits per heavy atom. The number of aryl methyl sites for hydroxylation is 1. The van der Waals surface area contributed by atoms with Gasteiger partial charge in [-0.3, -0.25) is 0 Å². The molecule has 0 aromatic heterocycles. The number of benzene rings is 1. The molecule has 2 heteroatoms. The van der Waals surface area contributed by atoms with E-state index in [1.807, 2.05) is 7.05 Å². The van der Waals surface area contributed by atoms with Gasteiger partial charge in [0.25, 0.3) is 0 Å². The van der Waals surface area contributed by atoms with Crippen LogP contribution in [0.2, 0.25) is 0 Å². The average molecular weight is 262 g/mol. The molecule has 0 aliphatic rings. The SMILES string of the molecule is CCCc1ccc(C(C(CC)CNC)N(C)C)cc1. The summed E-state index contributed by atoms with van der Waals surface area (Å²) in [7, 11) is 6.41. The Kier molecular flexibility index (Phi) is 7.11. The molecule has 0 saturated heterocycles. The first-order valence-corrected chi connectivity index (χ1v) is 7.53. The van der Waals surface area contributed by atoms with Crippen LogP contribution in [0.1, 0.15) is 43.9 Å². The van der Waals surface area contributed by atoms with Gasteiger partial charge in [0.1, 0.15) is 0 Å². The minimum atomic E-state index is 0.494. The van der Waals surface area contributed by atoms with E-state index in [0.29, 0.717) is 12.0 Å². The molecule has 1 aromatic rings. The zero-order valence-electron chi connectivity index (χ0n) is 13.2. The third kappa shape index (κ3) is 4.63. The fraction of sp³-hybridized carbons (Fsp3) is 0.647. The van der Waals surface area contributed by atoms with Gasteiger partial charge in [-0.25, -0.2) is 0 Å². The molecule has 2 unspecified atom stereocenters. The van der Waals surface area contributed by atoms with Crippen LogP contribution >= 0.6 is 0 Å². The average Bonchev–Trinajstić information content (AvgIpc) is 2.40. The van der Waals surface area contributed by atoms with Crippen molar-refractivity contribution in [2.75, 3.05) is 27.7 Å². The first-order valence-electron chi connectivity index (χ1n) is 7.53. The van der Waals surface area contributed by atoms with E-state index >= 15 is 0 Å². The summed E-state index contributed by atoms with van der Waals surface area (Å²) >= 11 is 0. The predicted molar refractivity (Wildman–Crippen MR) is 84.6 cm³/mol. The van der Waals surface area contributed by atoms with Crippen LogP contribution < -0.4 is 5.32 Å². The van der Waals surface area contributed by atoms with Crippen molar-refractivity contribution >= 4 is 0 Å². The van der Waals surface area contributed by atoms with Crippen molar-refractivity contribution in [3.05, 3.63) is 35.4 Å². The lowest BCUT2D eigenvalue weighted by Crippen LogP contribution is -2.32. The van der Waals surface area contributed by atoms with Crippen molar-refractivity contribution < 1.29 is 0 Å². The molecule has 2 atom stereocenters. The Morgan fingerprint density at radius 2 is 1.74 bits per heavy atom. The van der Waals surface area contributed by atoms with Gasteiger partial charge < -0.3 is 10.2 Å². The van der Waals surface area contributed by atoms with E-state index in [1.165, 1.54) is 30.4 Å². The van der Waals surface area contributed by atoms with Crippen molar-refractivity contribution in [3.8, 4) is 0 Å². The Balaban J connectivity index is 2.91. The highest BCUT2D eigenvalue weighted by Crippen LogP contribution is 2.29. The van der Waals surface area contributed by atoms with Gasteiger partial charge in [-0.15, -0.1) is 0 Å². The van der Waals surface area contributed by atoms with E-state index in [1.54, 1.807) is 0 Å². The van der Waals surface area contributed by atoms with Gasteiger partial charge in [0.2, 0.25) is 0 Å². The molecular formula is C17H30N2. The highest BCUT2D eigenvalue weighted by molar-refractivity contribution is 5.25. The molecule has 0 radical (unpaired) electrons. The third-order valence-electron chi connectivity index (χ3n) is 3.85. The molecule has 0 heterocycles. The molecule has 1 N–H and O–H groups in total. The van der Waals surface area contributed by atoms with E-state index in [2.05, 4.69) is 62.4 Å². The van der Waals surface area contributed by atoms with Gasteiger partial charge in [0.15, 0.2) is 0 Å². The number of nitrogens with zero attached hydrogens (tertiary/aromatic N) is 1. The summed E-state index contributed by atoms with van der Waals surface area (Å²) in [6.45, 7) is 5.58. The summed E-state index contributed by atoms with van der Waals surface area (Å²) in [6.07, 6.45) is 3.59. The second-order valence-corrected chi connectivity index (χ2v) is 5.63. The van der Waals surface area contributed by atoms with Crippen LogP contribution in [-0.2, 0) is 6.42 Å². The predicted octanol–water partition coefficient (Wildman–Crippen LogP) is 3.49. The fourth-order valence-electron chi connectivity index (χ4n) is 2.90. The summed E-state index contributed by atoms with van der Waals surface area (Å²) in [5.74, 6) is 0.650. The minimum Gasteiger partial charge on any atom is -0.319 e. The highest BCUT2D eigenvalue weighted by Gasteiger charge is 2.23. The molecular weight excluding hydrogens is 232 g/mol. The Hall–Kier alpha value is -0.860. The number of hydrogen-bond acceptors (Lipinski definition) is 2. The van der Waals surface area contributed by atoms with Crippen molar-refractivity contribution in [2.45, 2.75) is 39.2 Å². The maximum Gasteiger partial charge on any atom is 0.0382 e. The molecule has 0 spiro atoms. The Morgan fingerprint density at radius 1 is 1.11 bits per heavy atom. The van der Waals surface area contributed by atoms with Crippen LogP contribution in [-0.4, -0.2) is 32.6 Å². The number of hydrogen-bond donors (Lipinski definition) is 1.